The molecule has 1 atom stereocenters. The SMILES string of the molecule is COC(CNC(=O)CCCN)c1ccc(Cl)cc1.Cl. The molecule has 19 heavy (non-hydrogen) atoms. The molecule has 0 bridgehead atoms. The number of hydrogen-bond donors (Lipinski definition) is 2. The molecule has 4 nitrogen and oxygen atoms in total. The maximum absolute atomic E-state index is 11.5. The van der Waals surface area contributed by atoms with E-state index in [0.29, 0.717) is 31.0 Å². The van der Waals surface area contributed by atoms with Crippen LogP contribution in [0.15, 0.2) is 24.3 Å². The number of rotatable bonds is 7. The van der Waals surface area contributed by atoms with E-state index < -0.39 is 0 Å². The Hall–Kier alpha value is -0.810. The Labute approximate surface area is 125 Å². The van der Waals surface area contributed by atoms with Crippen molar-refractivity contribution in [2.45, 2.75) is 18.9 Å². The second-order valence-electron chi connectivity index (χ2n) is 3.97. The predicted molar refractivity (Wildman–Crippen MR) is 79.7 cm³/mol. The first-order chi connectivity index (χ1) is 8.67. The molecule has 1 rings (SSSR count). The van der Waals surface area contributed by atoms with Crippen molar-refractivity contribution in [1.29, 1.82) is 0 Å². The number of nitrogens with one attached hydrogen (secondary N) is 1. The lowest BCUT2D eigenvalue weighted by Crippen LogP contribution is -2.29. The molecule has 0 saturated carbocycles. The highest BCUT2D eigenvalue weighted by atomic mass is 35.5. The number of hydrogen-bond acceptors (Lipinski definition) is 3. The van der Waals surface area contributed by atoms with Crippen LogP contribution in [-0.4, -0.2) is 26.1 Å². The van der Waals surface area contributed by atoms with Gasteiger partial charge >= 0.3 is 0 Å². The van der Waals surface area contributed by atoms with E-state index in [1.807, 2.05) is 12.1 Å². The largest absolute Gasteiger partial charge is 0.375 e. The van der Waals surface area contributed by atoms with Crippen LogP contribution >= 0.6 is 24.0 Å². The molecular formula is C13H20Cl2N2O2. The van der Waals surface area contributed by atoms with Gasteiger partial charge in [-0.1, -0.05) is 23.7 Å². The van der Waals surface area contributed by atoms with Crippen molar-refractivity contribution < 1.29 is 9.53 Å². The van der Waals surface area contributed by atoms with Crippen LogP contribution in [0.1, 0.15) is 24.5 Å². The summed E-state index contributed by atoms with van der Waals surface area (Å²) in [6.45, 7) is 0.972. The van der Waals surface area contributed by atoms with E-state index in [0.717, 1.165) is 5.56 Å². The second-order valence-corrected chi connectivity index (χ2v) is 4.41. The first-order valence-electron chi connectivity index (χ1n) is 5.92. The van der Waals surface area contributed by atoms with Crippen LogP contribution in [0.4, 0.5) is 0 Å². The minimum Gasteiger partial charge on any atom is -0.375 e. The van der Waals surface area contributed by atoms with E-state index in [4.69, 9.17) is 22.1 Å². The molecule has 1 amide bonds. The van der Waals surface area contributed by atoms with Crippen LogP contribution in [0, 0.1) is 0 Å². The van der Waals surface area contributed by atoms with Gasteiger partial charge in [-0.25, -0.2) is 0 Å². The first-order valence-corrected chi connectivity index (χ1v) is 6.30. The first kappa shape index (κ1) is 18.2. The van der Waals surface area contributed by atoms with Gasteiger partial charge in [-0.05, 0) is 30.7 Å². The van der Waals surface area contributed by atoms with Gasteiger partial charge < -0.3 is 15.8 Å². The average molecular weight is 307 g/mol. The van der Waals surface area contributed by atoms with Crippen LogP contribution in [0.25, 0.3) is 0 Å². The molecule has 3 N–H and O–H groups in total. The van der Waals surface area contributed by atoms with E-state index in [2.05, 4.69) is 5.32 Å². The zero-order valence-corrected chi connectivity index (χ0v) is 12.5. The molecule has 0 heterocycles. The van der Waals surface area contributed by atoms with Gasteiger partial charge in [0.2, 0.25) is 5.91 Å². The Kier molecular flexibility index (Phi) is 9.61. The fourth-order valence-electron chi connectivity index (χ4n) is 1.57. The summed E-state index contributed by atoms with van der Waals surface area (Å²) in [5.41, 5.74) is 6.33. The van der Waals surface area contributed by atoms with Crippen LogP contribution in [-0.2, 0) is 9.53 Å². The van der Waals surface area contributed by atoms with Crippen molar-refractivity contribution >= 4 is 29.9 Å². The van der Waals surface area contributed by atoms with Gasteiger partial charge in [-0.2, -0.15) is 0 Å². The summed E-state index contributed by atoms with van der Waals surface area (Å²) in [6.07, 6.45) is 0.988. The standard InChI is InChI=1S/C13H19ClN2O2.ClH/c1-18-12(9-16-13(17)3-2-8-15)10-4-6-11(14)7-5-10;/h4-7,12H,2-3,8-9,15H2,1H3,(H,16,17);1H. The van der Waals surface area contributed by atoms with Crippen molar-refractivity contribution in [3.8, 4) is 0 Å². The Bertz CT molecular complexity index is 371. The Morgan fingerprint density at radius 3 is 2.58 bits per heavy atom. The minimum atomic E-state index is -0.163. The number of amides is 1. The lowest BCUT2D eigenvalue weighted by atomic mass is 10.1. The summed E-state index contributed by atoms with van der Waals surface area (Å²) in [5.74, 6) is -0.00327. The quantitative estimate of drug-likeness (QED) is 0.812. The van der Waals surface area contributed by atoms with Crippen molar-refractivity contribution in [1.82, 2.24) is 5.32 Å². The van der Waals surface area contributed by atoms with E-state index in [1.165, 1.54) is 0 Å². The molecule has 0 aliphatic heterocycles. The molecule has 0 saturated heterocycles. The van der Waals surface area contributed by atoms with E-state index in [1.54, 1.807) is 19.2 Å². The van der Waals surface area contributed by atoms with Crippen molar-refractivity contribution in [2.24, 2.45) is 5.73 Å². The van der Waals surface area contributed by atoms with E-state index >= 15 is 0 Å². The van der Waals surface area contributed by atoms with Gasteiger partial charge in [0, 0.05) is 25.1 Å². The number of nitrogens with two attached hydrogens (primary N) is 1. The van der Waals surface area contributed by atoms with Crippen LogP contribution < -0.4 is 11.1 Å². The smallest absolute Gasteiger partial charge is 0.220 e. The molecule has 0 fully saturated rings. The molecule has 0 radical (unpaired) electrons. The van der Waals surface area contributed by atoms with Gasteiger partial charge in [-0.3, -0.25) is 4.79 Å². The zero-order chi connectivity index (χ0) is 13.4. The molecule has 1 unspecified atom stereocenters. The molecule has 0 aliphatic rings. The van der Waals surface area contributed by atoms with Gasteiger partial charge in [0.05, 0.1) is 6.10 Å². The van der Waals surface area contributed by atoms with E-state index in [-0.39, 0.29) is 24.4 Å². The summed E-state index contributed by atoms with van der Waals surface area (Å²) < 4.78 is 5.35. The third-order valence-electron chi connectivity index (χ3n) is 2.62. The topological polar surface area (TPSA) is 64.3 Å². The van der Waals surface area contributed by atoms with Crippen LogP contribution in [0.5, 0.6) is 0 Å². The molecule has 1 aromatic carbocycles. The Morgan fingerprint density at radius 2 is 2.05 bits per heavy atom. The number of carbonyl (C=O) groups excluding carboxylic acids is 1. The summed E-state index contributed by atoms with van der Waals surface area (Å²) >= 11 is 5.82. The van der Waals surface area contributed by atoms with Gasteiger partial charge in [0.1, 0.15) is 0 Å². The number of ether oxygens (including phenoxy) is 1. The Morgan fingerprint density at radius 1 is 1.42 bits per heavy atom. The molecule has 108 valence electrons. The fraction of sp³-hybridized carbons (Fsp3) is 0.462. The van der Waals surface area contributed by atoms with Crippen molar-refractivity contribution in [3.63, 3.8) is 0 Å². The highest BCUT2D eigenvalue weighted by molar-refractivity contribution is 6.30. The predicted octanol–water partition coefficient (Wildman–Crippen LogP) is 2.30. The monoisotopic (exact) mass is 306 g/mol. The summed E-state index contributed by atoms with van der Waals surface area (Å²) in [5, 5.41) is 3.51. The molecule has 0 aromatic heterocycles. The third kappa shape index (κ3) is 6.78. The second kappa shape index (κ2) is 10.0. The molecule has 6 heteroatoms. The lowest BCUT2D eigenvalue weighted by Gasteiger charge is -2.16. The molecule has 0 spiro atoms. The van der Waals surface area contributed by atoms with Crippen molar-refractivity contribution in [3.05, 3.63) is 34.9 Å². The number of halogens is 2. The average Bonchev–Trinajstić information content (AvgIpc) is 2.39. The van der Waals surface area contributed by atoms with Crippen molar-refractivity contribution in [2.75, 3.05) is 20.2 Å². The summed E-state index contributed by atoms with van der Waals surface area (Å²) in [6, 6.07) is 7.39. The number of carbonyl (C=O) groups is 1. The summed E-state index contributed by atoms with van der Waals surface area (Å²) in [7, 11) is 1.62. The minimum absolute atomic E-state index is 0. The number of methoxy groups -OCH3 is 1. The van der Waals surface area contributed by atoms with Gasteiger partial charge in [0.15, 0.2) is 0 Å². The third-order valence-corrected chi connectivity index (χ3v) is 2.87. The summed E-state index contributed by atoms with van der Waals surface area (Å²) in [4.78, 5) is 11.5. The normalized spacial score (nSPS) is 11.5. The lowest BCUT2D eigenvalue weighted by molar-refractivity contribution is -0.121. The number of benzene rings is 1. The van der Waals surface area contributed by atoms with Gasteiger partial charge in [-0.15, -0.1) is 12.4 Å². The maximum Gasteiger partial charge on any atom is 0.220 e. The highest BCUT2D eigenvalue weighted by Gasteiger charge is 2.11. The molecular weight excluding hydrogens is 287 g/mol. The van der Waals surface area contributed by atoms with Crippen LogP contribution in [0.3, 0.4) is 0 Å². The van der Waals surface area contributed by atoms with E-state index in [9.17, 15) is 4.79 Å². The Balaban J connectivity index is 0.00000324. The molecule has 0 aliphatic carbocycles. The van der Waals surface area contributed by atoms with Crippen LogP contribution in [0.2, 0.25) is 5.02 Å². The zero-order valence-electron chi connectivity index (χ0n) is 10.9. The maximum atomic E-state index is 11.5. The van der Waals surface area contributed by atoms with Gasteiger partial charge in [0.25, 0.3) is 0 Å². The molecule has 1 aromatic rings. The fourth-order valence-corrected chi connectivity index (χ4v) is 1.70. The highest BCUT2D eigenvalue weighted by Crippen LogP contribution is 2.18.